The second-order valence-corrected chi connectivity index (χ2v) is 16.3. The average Bonchev–Trinajstić information content (AvgIpc) is 3.43. The molecule has 0 bridgehead atoms. The summed E-state index contributed by atoms with van der Waals surface area (Å²) in [5.74, 6) is 0. The van der Waals surface area contributed by atoms with Crippen molar-refractivity contribution in [3.63, 3.8) is 0 Å². The molecule has 0 unspecified atom stereocenters. The topological polar surface area (TPSA) is 78.9 Å². The molecule has 7 heteroatoms. The van der Waals surface area contributed by atoms with Crippen molar-refractivity contribution in [1.29, 1.82) is 0 Å². The number of ether oxygens (including phenoxy) is 1. The molecule has 0 amide bonds. The predicted molar refractivity (Wildman–Crippen MR) is 139 cm³/mol. The lowest BCUT2D eigenvalue weighted by Crippen LogP contribution is -2.36. The Balaban J connectivity index is 1.43. The van der Waals surface area contributed by atoms with Gasteiger partial charge in [-0.2, -0.15) is 0 Å². The third kappa shape index (κ3) is 4.43. The van der Waals surface area contributed by atoms with E-state index in [1.807, 2.05) is 18.5 Å². The van der Waals surface area contributed by atoms with Crippen molar-refractivity contribution in [2.45, 2.75) is 50.7 Å². The molecule has 2 N–H and O–H groups in total. The summed E-state index contributed by atoms with van der Waals surface area (Å²) < 4.78 is 8.02. The lowest BCUT2D eigenvalue weighted by atomic mass is 9.80. The molecule has 1 aromatic carbocycles. The number of rotatable bonds is 8. The molecule has 3 aromatic heterocycles. The molecule has 1 aliphatic rings. The highest BCUT2D eigenvalue weighted by Crippen LogP contribution is 2.39. The van der Waals surface area contributed by atoms with Gasteiger partial charge in [0, 0.05) is 55.7 Å². The molecule has 0 spiro atoms. The van der Waals surface area contributed by atoms with Gasteiger partial charge in [0.15, 0.2) is 0 Å². The fourth-order valence-corrected chi connectivity index (χ4v) is 5.63. The van der Waals surface area contributed by atoms with Crippen LogP contribution in [0.25, 0.3) is 22.3 Å². The second-order valence-electron chi connectivity index (χ2n) is 10.6. The van der Waals surface area contributed by atoms with Crippen LogP contribution in [0.15, 0.2) is 61.2 Å². The van der Waals surface area contributed by atoms with Gasteiger partial charge in [-0.05, 0) is 48.2 Å². The van der Waals surface area contributed by atoms with Crippen LogP contribution in [0.2, 0.25) is 25.7 Å². The van der Waals surface area contributed by atoms with Crippen LogP contribution in [0.1, 0.15) is 16.8 Å². The number of nitrogens with two attached hydrogens (primary N) is 1. The molecule has 176 valence electrons. The lowest BCUT2D eigenvalue weighted by molar-refractivity contribution is 0.0899. The lowest BCUT2D eigenvalue weighted by Gasteiger charge is -2.27. The molecule has 0 fully saturated rings. The Kier molecular flexibility index (Phi) is 6.10. The summed E-state index contributed by atoms with van der Waals surface area (Å²) in [4.78, 5) is 14.0. The maximum Gasteiger partial charge on any atom is 0.145 e. The van der Waals surface area contributed by atoms with Gasteiger partial charge in [-0.15, -0.1) is 0 Å². The summed E-state index contributed by atoms with van der Waals surface area (Å²) >= 11 is 0. The van der Waals surface area contributed by atoms with E-state index in [2.05, 4.69) is 70.6 Å². The van der Waals surface area contributed by atoms with Crippen molar-refractivity contribution in [3.8, 4) is 11.3 Å². The van der Waals surface area contributed by atoms with Crippen LogP contribution in [0.4, 0.5) is 0 Å². The molecule has 1 aliphatic carbocycles. The SMILES string of the molecule is C[Si](C)(C)CCOCn1ccc2c(-c3ccnc(C4(CN)Cc5ccccc5C4)c3)ncnc21. The highest BCUT2D eigenvalue weighted by Gasteiger charge is 2.39. The molecule has 4 aromatic rings. The van der Waals surface area contributed by atoms with Crippen molar-refractivity contribution in [2.24, 2.45) is 5.73 Å². The summed E-state index contributed by atoms with van der Waals surface area (Å²) in [5, 5.41) is 1.02. The van der Waals surface area contributed by atoms with Gasteiger partial charge in [0.05, 0.1) is 5.69 Å². The molecule has 0 saturated carbocycles. The molecule has 0 radical (unpaired) electrons. The summed E-state index contributed by atoms with van der Waals surface area (Å²) in [6.45, 7) is 8.93. The molecule has 5 rings (SSSR count). The molecular weight excluding hydrogens is 438 g/mol. The monoisotopic (exact) mass is 471 g/mol. The molecule has 6 nitrogen and oxygen atoms in total. The van der Waals surface area contributed by atoms with Gasteiger partial charge in [0.2, 0.25) is 0 Å². The van der Waals surface area contributed by atoms with Gasteiger partial charge in [-0.1, -0.05) is 43.9 Å². The smallest absolute Gasteiger partial charge is 0.145 e. The van der Waals surface area contributed by atoms with Crippen LogP contribution in [-0.2, 0) is 29.7 Å². The van der Waals surface area contributed by atoms with Gasteiger partial charge in [-0.3, -0.25) is 4.98 Å². The summed E-state index contributed by atoms with van der Waals surface area (Å²) in [5.41, 5.74) is 12.8. The Bertz CT molecular complexity index is 1280. The Hall–Kier alpha value is -2.87. The number of nitrogens with zero attached hydrogens (tertiary/aromatic N) is 4. The van der Waals surface area contributed by atoms with E-state index in [0.29, 0.717) is 13.3 Å². The molecule has 34 heavy (non-hydrogen) atoms. The van der Waals surface area contributed by atoms with Crippen molar-refractivity contribution in [1.82, 2.24) is 19.5 Å². The molecular formula is C27H33N5OSi. The van der Waals surface area contributed by atoms with E-state index >= 15 is 0 Å². The average molecular weight is 472 g/mol. The first-order valence-electron chi connectivity index (χ1n) is 12.0. The van der Waals surface area contributed by atoms with Crippen molar-refractivity contribution >= 4 is 19.1 Å². The third-order valence-corrected chi connectivity index (χ3v) is 8.63. The number of pyridine rings is 1. The zero-order valence-corrected chi connectivity index (χ0v) is 21.3. The van der Waals surface area contributed by atoms with E-state index in [9.17, 15) is 0 Å². The van der Waals surface area contributed by atoms with E-state index in [4.69, 9.17) is 15.5 Å². The standard InChI is InChI=1S/C27H33N5OSi/c1-34(2,3)13-12-33-19-32-11-9-23-25(30-18-31-26(23)32)20-8-10-29-24(14-20)27(17-28)15-21-6-4-5-7-22(21)16-27/h4-11,14,18H,12-13,15-17,19,28H2,1-3H3. The number of hydrogen-bond donors (Lipinski definition) is 1. The number of benzene rings is 1. The van der Waals surface area contributed by atoms with E-state index in [0.717, 1.165) is 53.5 Å². The zero-order valence-electron chi connectivity index (χ0n) is 20.3. The van der Waals surface area contributed by atoms with Crippen molar-refractivity contribution < 1.29 is 4.74 Å². The molecule has 0 saturated heterocycles. The fraction of sp³-hybridized carbons (Fsp3) is 0.370. The van der Waals surface area contributed by atoms with Gasteiger partial charge in [-0.25, -0.2) is 9.97 Å². The third-order valence-electron chi connectivity index (χ3n) is 6.93. The Morgan fingerprint density at radius 1 is 1.03 bits per heavy atom. The Morgan fingerprint density at radius 3 is 2.50 bits per heavy atom. The van der Waals surface area contributed by atoms with Crippen molar-refractivity contribution in [3.05, 3.63) is 78.0 Å². The number of aromatic nitrogens is 4. The number of hydrogen-bond acceptors (Lipinski definition) is 5. The van der Waals surface area contributed by atoms with Gasteiger partial charge >= 0.3 is 0 Å². The van der Waals surface area contributed by atoms with E-state index in [1.54, 1.807) is 6.33 Å². The van der Waals surface area contributed by atoms with Crippen LogP contribution in [0.3, 0.4) is 0 Å². The van der Waals surface area contributed by atoms with Gasteiger partial charge in [0.25, 0.3) is 0 Å². The number of fused-ring (bicyclic) bond motifs is 2. The second kappa shape index (κ2) is 9.06. The van der Waals surface area contributed by atoms with Gasteiger partial charge < -0.3 is 15.0 Å². The predicted octanol–water partition coefficient (Wildman–Crippen LogP) is 4.80. The molecule has 0 aliphatic heterocycles. The summed E-state index contributed by atoms with van der Waals surface area (Å²) in [7, 11) is -1.11. The van der Waals surface area contributed by atoms with E-state index in [-0.39, 0.29) is 5.41 Å². The van der Waals surface area contributed by atoms with Crippen LogP contribution >= 0.6 is 0 Å². The summed E-state index contributed by atoms with van der Waals surface area (Å²) in [6.07, 6.45) is 7.39. The maximum atomic E-state index is 6.37. The highest BCUT2D eigenvalue weighted by molar-refractivity contribution is 6.76. The summed E-state index contributed by atoms with van der Waals surface area (Å²) in [6, 6.07) is 16.0. The first kappa shape index (κ1) is 22.9. The van der Waals surface area contributed by atoms with Gasteiger partial charge in [0.1, 0.15) is 18.7 Å². The minimum absolute atomic E-state index is 0.179. The molecule has 0 atom stereocenters. The minimum atomic E-state index is -1.11. The van der Waals surface area contributed by atoms with Crippen molar-refractivity contribution in [2.75, 3.05) is 13.2 Å². The highest BCUT2D eigenvalue weighted by atomic mass is 28.3. The van der Waals surface area contributed by atoms with E-state index < -0.39 is 8.07 Å². The largest absolute Gasteiger partial charge is 0.361 e. The first-order valence-corrected chi connectivity index (χ1v) is 15.7. The van der Waals surface area contributed by atoms with Crippen LogP contribution in [0, 0.1) is 0 Å². The Morgan fingerprint density at radius 2 is 1.79 bits per heavy atom. The van der Waals surface area contributed by atoms with Crippen LogP contribution in [0.5, 0.6) is 0 Å². The zero-order chi connectivity index (χ0) is 23.8. The van der Waals surface area contributed by atoms with Crippen LogP contribution in [-0.4, -0.2) is 40.7 Å². The fourth-order valence-electron chi connectivity index (χ4n) is 4.87. The first-order chi connectivity index (χ1) is 16.4. The van der Waals surface area contributed by atoms with E-state index in [1.165, 1.54) is 11.1 Å². The normalized spacial score (nSPS) is 15.1. The minimum Gasteiger partial charge on any atom is -0.361 e. The maximum absolute atomic E-state index is 6.37. The Labute approximate surface area is 202 Å². The quantitative estimate of drug-likeness (QED) is 0.295. The van der Waals surface area contributed by atoms with Crippen LogP contribution < -0.4 is 5.73 Å². The molecule has 3 heterocycles.